The van der Waals surface area contributed by atoms with Gasteiger partial charge in [-0.1, -0.05) is 146 Å². The van der Waals surface area contributed by atoms with Crippen molar-refractivity contribution in [1.29, 1.82) is 0 Å². The third-order valence-electron chi connectivity index (χ3n) is 10.4. The van der Waals surface area contributed by atoms with Crippen LogP contribution in [0, 0.1) is 0 Å². The number of hydrogen-bond acceptors (Lipinski definition) is 5. The molecule has 11 rings (SSSR count). The smallest absolute Gasteiger partial charge is 0.164 e. The lowest BCUT2D eigenvalue weighted by Crippen LogP contribution is -2.01. The lowest BCUT2D eigenvalue weighted by atomic mass is 9.95. The van der Waals surface area contributed by atoms with E-state index in [1.165, 1.54) is 0 Å². The summed E-state index contributed by atoms with van der Waals surface area (Å²) in [7, 11) is 0. The zero-order valence-electron chi connectivity index (χ0n) is 28.9. The van der Waals surface area contributed by atoms with Crippen LogP contribution in [-0.4, -0.2) is 15.0 Å². The molecule has 0 radical (unpaired) electrons. The van der Waals surface area contributed by atoms with E-state index in [1.54, 1.807) is 0 Å². The van der Waals surface area contributed by atoms with Gasteiger partial charge in [-0.25, -0.2) is 15.0 Å². The average molecular weight is 692 g/mol. The van der Waals surface area contributed by atoms with Gasteiger partial charge >= 0.3 is 0 Å². The van der Waals surface area contributed by atoms with E-state index in [-0.39, 0.29) is 0 Å². The van der Waals surface area contributed by atoms with Gasteiger partial charge in [0.2, 0.25) is 0 Å². The van der Waals surface area contributed by atoms with Gasteiger partial charge in [-0.2, -0.15) is 0 Å². The lowest BCUT2D eigenvalue weighted by molar-refractivity contribution is 0.668. The van der Waals surface area contributed by atoms with Crippen molar-refractivity contribution in [3.8, 4) is 56.4 Å². The third kappa shape index (κ3) is 4.83. The van der Waals surface area contributed by atoms with E-state index in [0.29, 0.717) is 17.5 Å². The van der Waals surface area contributed by atoms with Crippen molar-refractivity contribution >= 4 is 54.6 Å². The summed E-state index contributed by atoms with van der Waals surface area (Å²) in [5.41, 5.74) is 10.5. The zero-order chi connectivity index (χ0) is 35.6. The number of fused-ring (bicyclic) bond motifs is 7. The van der Waals surface area contributed by atoms with Crippen LogP contribution in [0.2, 0.25) is 0 Å². The van der Waals surface area contributed by atoms with Gasteiger partial charge < -0.3 is 8.83 Å². The topological polar surface area (TPSA) is 65.0 Å². The standard InChI is InChI=1S/C49H29N3O2/c1-2-13-30(14-3-1)33-16-4-5-17-36(33)47-50-48(52-49(51-47)40-22-12-26-44-46(40)39-19-7-9-24-42(39)54-44)37-21-10-15-31-29-32(27-28-34(31)37)35-20-11-25-43-45(35)38-18-6-8-23-41(38)53-43/h1-29H. The Balaban J connectivity index is 1.14. The fourth-order valence-corrected chi connectivity index (χ4v) is 7.91. The number of rotatable bonds is 5. The summed E-state index contributed by atoms with van der Waals surface area (Å²) in [6.45, 7) is 0. The molecule has 11 aromatic rings. The summed E-state index contributed by atoms with van der Waals surface area (Å²) in [6.07, 6.45) is 0. The van der Waals surface area contributed by atoms with Crippen molar-refractivity contribution in [2.75, 3.05) is 0 Å². The summed E-state index contributed by atoms with van der Waals surface area (Å²) in [4.78, 5) is 15.7. The molecular formula is C49H29N3O2. The van der Waals surface area contributed by atoms with Crippen LogP contribution >= 0.6 is 0 Å². The van der Waals surface area contributed by atoms with Crippen LogP contribution in [0.5, 0.6) is 0 Å². The quantitative estimate of drug-likeness (QED) is 0.180. The summed E-state index contributed by atoms with van der Waals surface area (Å²) >= 11 is 0. The zero-order valence-corrected chi connectivity index (χ0v) is 28.9. The van der Waals surface area contributed by atoms with E-state index < -0.39 is 0 Å². The summed E-state index contributed by atoms with van der Waals surface area (Å²) in [6, 6.07) is 60.4. The lowest BCUT2D eigenvalue weighted by Gasteiger charge is -2.14. The van der Waals surface area contributed by atoms with Crippen LogP contribution in [0.25, 0.3) is 111 Å². The summed E-state index contributed by atoms with van der Waals surface area (Å²) in [5, 5.41) is 6.38. The van der Waals surface area contributed by atoms with E-state index in [0.717, 1.165) is 93.6 Å². The highest BCUT2D eigenvalue weighted by Crippen LogP contribution is 2.41. The van der Waals surface area contributed by atoms with Crippen LogP contribution in [-0.2, 0) is 0 Å². The Morgan fingerprint density at radius 3 is 1.52 bits per heavy atom. The first kappa shape index (κ1) is 30.3. The molecule has 0 amide bonds. The Labute approximate surface area is 309 Å². The minimum Gasteiger partial charge on any atom is -0.456 e. The first-order valence-corrected chi connectivity index (χ1v) is 18.0. The Morgan fingerprint density at radius 1 is 0.296 bits per heavy atom. The van der Waals surface area contributed by atoms with E-state index in [2.05, 4.69) is 115 Å². The largest absolute Gasteiger partial charge is 0.456 e. The van der Waals surface area contributed by atoms with E-state index in [1.807, 2.05) is 60.7 Å². The summed E-state index contributed by atoms with van der Waals surface area (Å²) in [5.74, 6) is 1.79. The Kier molecular flexibility index (Phi) is 6.79. The van der Waals surface area contributed by atoms with Gasteiger partial charge in [0, 0.05) is 38.2 Å². The van der Waals surface area contributed by atoms with Crippen LogP contribution in [0.1, 0.15) is 0 Å². The molecule has 0 fully saturated rings. The molecule has 3 aromatic heterocycles. The molecule has 252 valence electrons. The molecule has 0 saturated carbocycles. The van der Waals surface area contributed by atoms with Crippen LogP contribution in [0.4, 0.5) is 0 Å². The van der Waals surface area contributed by atoms with Crippen molar-refractivity contribution in [3.05, 3.63) is 176 Å². The Bertz CT molecular complexity index is 3230. The van der Waals surface area contributed by atoms with Crippen LogP contribution < -0.4 is 0 Å². The van der Waals surface area contributed by atoms with Crippen molar-refractivity contribution < 1.29 is 8.83 Å². The third-order valence-corrected chi connectivity index (χ3v) is 10.4. The molecule has 54 heavy (non-hydrogen) atoms. The number of aromatic nitrogens is 3. The van der Waals surface area contributed by atoms with Crippen molar-refractivity contribution in [2.45, 2.75) is 0 Å². The number of para-hydroxylation sites is 2. The summed E-state index contributed by atoms with van der Waals surface area (Å²) < 4.78 is 12.5. The first-order valence-electron chi connectivity index (χ1n) is 18.0. The predicted molar refractivity (Wildman–Crippen MR) is 219 cm³/mol. The number of furan rings is 2. The van der Waals surface area contributed by atoms with Crippen molar-refractivity contribution in [3.63, 3.8) is 0 Å². The van der Waals surface area contributed by atoms with E-state index >= 15 is 0 Å². The molecule has 3 heterocycles. The number of nitrogens with zero attached hydrogens (tertiary/aromatic N) is 3. The first-order chi connectivity index (χ1) is 26.8. The molecule has 0 atom stereocenters. The normalized spacial score (nSPS) is 11.7. The predicted octanol–water partition coefficient (Wildman–Crippen LogP) is 13.2. The Morgan fingerprint density at radius 2 is 0.796 bits per heavy atom. The van der Waals surface area contributed by atoms with E-state index in [4.69, 9.17) is 23.8 Å². The van der Waals surface area contributed by atoms with Crippen molar-refractivity contribution in [2.24, 2.45) is 0 Å². The van der Waals surface area contributed by atoms with Crippen LogP contribution in [0.3, 0.4) is 0 Å². The monoisotopic (exact) mass is 691 g/mol. The number of hydrogen-bond donors (Lipinski definition) is 0. The fraction of sp³-hybridized carbons (Fsp3) is 0. The molecule has 0 bridgehead atoms. The second-order valence-electron chi connectivity index (χ2n) is 13.5. The fourth-order valence-electron chi connectivity index (χ4n) is 7.91. The second kappa shape index (κ2) is 12.1. The molecule has 0 aliphatic heterocycles. The van der Waals surface area contributed by atoms with Crippen molar-refractivity contribution in [1.82, 2.24) is 15.0 Å². The highest BCUT2D eigenvalue weighted by Gasteiger charge is 2.20. The molecular weight excluding hydrogens is 663 g/mol. The van der Waals surface area contributed by atoms with Gasteiger partial charge in [0.25, 0.3) is 0 Å². The molecule has 8 aromatic carbocycles. The van der Waals surface area contributed by atoms with Gasteiger partial charge in [-0.3, -0.25) is 0 Å². The average Bonchev–Trinajstić information content (AvgIpc) is 3.82. The maximum atomic E-state index is 6.29. The molecule has 0 N–H and O–H groups in total. The highest BCUT2D eigenvalue weighted by molar-refractivity contribution is 6.14. The molecule has 5 heteroatoms. The maximum Gasteiger partial charge on any atom is 0.164 e. The van der Waals surface area contributed by atoms with Gasteiger partial charge in [0.15, 0.2) is 17.5 Å². The minimum absolute atomic E-state index is 0.585. The van der Waals surface area contributed by atoms with Gasteiger partial charge in [0.1, 0.15) is 22.3 Å². The molecule has 5 nitrogen and oxygen atoms in total. The van der Waals surface area contributed by atoms with Gasteiger partial charge in [0.05, 0.1) is 0 Å². The second-order valence-corrected chi connectivity index (χ2v) is 13.5. The SMILES string of the molecule is c1ccc(-c2ccccc2-c2nc(-c3cccc4cc(-c5cccc6oc7ccccc7c56)ccc34)nc(-c3cccc4oc5ccccc5c34)n2)cc1. The van der Waals surface area contributed by atoms with Gasteiger partial charge in [-0.05, 0) is 63.4 Å². The number of benzene rings is 8. The molecule has 0 aliphatic carbocycles. The molecule has 0 spiro atoms. The van der Waals surface area contributed by atoms with Crippen LogP contribution in [0.15, 0.2) is 185 Å². The highest BCUT2D eigenvalue weighted by atomic mass is 16.3. The Hall–Kier alpha value is -7.37. The van der Waals surface area contributed by atoms with E-state index in [9.17, 15) is 0 Å². The molecule has 0 aliphatic rings. The van der Waals surface area contributed by atoms with Gasteiger partial charge in [-0.15, -0.1) is 0 Å². The minimum atomic E-state index is 0.585. The maximum absolute atomic E-state index is 6.29. The molecule has 0 saturated heterocycles. The molecule has 0 unspecified atom stereocenters.